The first-order valence-corrected chi connectivity index (χ1v) is 6.54. The van der Waals surface area contributed by atoms with Crippen LogP contribution in [-0.4, -0.2) is 25.7 Å². The Balaban J connectivity index is 2.47. The summed E-state index contributed by atoms with van der Waals surface area (Å²) < 4.78 is 4.69. The highest BCUT2D eigenvalue weighted by Gasteiger charge is 2.29. The van der Waals surface area contributed by atoms with Gasteiger partial charge in [-0.05, 0) is 26.3 Å². The quantitative estimate of drug-likeness (QED) is 0.812. The van der Waals surface area contributed by atoms with E-state index in [0.29, 0.717) is 0 Å². The van der Waals surface area contributed by atoms with Crippen LogP contribution < -0.4 is 10.6 Å². The molecule has 0 aliphatic carbocycles. The van der Waals surface area contributed by atoms with E-state index in [4.69, 9.17) is 0 Å². The lowest BCUT2D eigenvalue weighted by molar-refractivity contribution is -0.150. The first-order valence-electron chi connectivity index (χ1n) is 6.54. The molecule has 1 atom stereocenters. The van der Waals surface area contributed by atoms with Crippen LogP contribution in [0.4, 0.5) is 4.79 Å². The van der Waals surface area contributed by atoms with Crippen molar-refractivity contribution < 1.29 is 14.3 Å². The molecule has 1 aromatic carbocycles. The fourth-order valence-electron chi connectivity index (χ4n) is 1.72. The Labute approximate surface area is 119 Å². The van der Waals surface area contributed by atoms with E-state index in [9.17, 15) is 9.59 Å². The predicted octanol–water partition coefficient (Wildman–Crippen LogP) is 2.25. The number of nitrogens with one attached hydrogen (secondary N) is 2. The molecule has 0 saturated heterocycles. The van der Waals surface area contributed by atoms with Crippen LogP contribution in [0.1, 0.15) is 32.4 Å². The molecular formula is C15H22N2O3. The highest BCUT2D eigenvalue weighted by atomic mass is 16.5. The van der Waals surface area contributed by atoms with Crippen LogP contribution >= 0.6 is 0 Å². The van der Waals surface area contributed by atoms with Gasteiger partial charge in [0.05, 0.1) is 18.6 Å². The number of ether oxygens (including phenoxy) is 1. The molecule has 1 rings (SSSR count). The topological polar surface area (TPSA) is 67.4 Å². The summed E-state index contributed by atoms with van der Waals surface area (Å²) >= 11 is 0. The summed E-state index contributed by atoms with van der Waals surface area (Å²) in [5.41, 5.74) is 0.275. The molecule has 1 unspecified atom stereocenters. The van der Waals surface area contributed by atoms with Crippen LogP contribution in [-0.2, 0) is 9.53 Å². The lowest BCUT2D eigenvalue weighted by atomic mass is 9.94. The molecule has 0 fully saturated rings. The minimum Gasteiger partial charge on any atom is -0.469 e. The first kappa shape index (κ1) is 16.0. The van der Waals surface area contributed by atoms with Crippen molar-refractivity contribution in [3.8, 4) is 0 Å². The zero-order valence-electron chi connectivity index (χ0n) is 12.4. The van der Waals surface area contributed by atoms with Gasteiger partial charge in [-0.25, -0.2) is 4.79 Å². The second-order valence-corrected chi connectivity index (χ2v) is 5.33. The molecule has 0 aliphatic heterocycles. The highest BCUT2D eigenvalue weighted by molar-refractivity contribution is 5.78. The second-order valence-electron chi connectivity index (χ2n) is 5.33. The Hall–Kier alpha value is -2.04. The zero-order chi connectivity index (χ0) is 15.2. The summed E-state index contributed by atoms with van der Waals surface area (Å²) in [5.74, 6) is -0.353. The minimum atomic E-state index is -0.748. The molecule has 110 valence electrons. The number of methoxy groups -OCH3 is 1. The number of urea groups is 1. The molecule has 5 heteroatoms. The van der Waals surface area contributed by atoms with E-state index < -0.39 is 5.41 Å². The average molecular weight is 278 g/mol. The van der Waals surface area contributed by atoms with Crippen molar-refractivity contribution >= 4 is 12.0 Å². The predicted molar refractivity (Wildman–Crippen MR) is 77.2 cm³/mol. The third-order valence-electron chi connectivity index (χ3n) is 3.08. The third kappa shape index (κ3) is 4.57. The fourth-order valence-corrected chi connectivity index (χ4v) is 1.72. The number of esters is 1. The number of rotatable bonds is 5. The van der Waals surface area contributed by atoms with Crippen molar-refractivity contribution in [3.05, 3.63) is 35.9 Å². The number of hydrogen-bond acceptors (Lipinski definition) is 3. The van der Waals surface area contributed by atoms with Gasteiger partial charge in [-0.3, -0.25) is 4.79 Å². The molecular weight excluding hydrogens is 256 g/mol. The minimum absolute atomic E-state index is 0.0996. The van der Waals surface area contributed by atoms with Gasteiger partial charge < -0.3 is 15.4 Å². The fraction of sp³-hybridized carbons (Fsp3) is 0.467. The molecule has 0 bridgehead atoms. The Bertz CT molecular complexity index is 457. The number of benzene rings is 1. The van der Waals surface area contributed by atoms with E-state index >= 15 is 0 Å². The molecule has 2 N–H and O–H groups in total. The lowest BCUT2D eigenvalue weighted by Crippen LogP contribution is -2.44. The number of carbonyl (C=O) groups excluding carboxylic acids is 2. The van der Waals surface area contributed by atoms with Crippen LogP contribution in [0.25, 0.3) is 0 Å². The van der Waals surface area contributed by atoms with Gasteiger partial charge in [0.2, 0.25) is 0 Å². The molecule has 5 nitrogen and oxygen atoms in total. The molecule has 1 aromatic rings. The second kappa shape index (κ2) is 6.93. The molecule has 0 radical (unpaired) electrons. The lowest BCUT2D eigenvalue weighted by Gasteiger charge is -2.22. The van der Waals surface area contributed by atoms with Crippen molar-refractivity contribution in [1.29, 1.82) is 0 Å². The van der Waals surface area contributed by atoms with Crippen molar-refractivity contribution in [2.75, 3.05) is 13.7 Å². The van der Waals surface area contributed by atoms with E-state index in [1.807, 2.05) is 37.3 Å². The summed E-state index contributed by atoms with van der Waals surface area (Å²) in [5, 5.41) is 5.51. The molecule has 0 saturated carbocycles. The van der Waals surface area contributed by atoms with Gasteiger partial charge >= 0.3 is 12.0 Å². The Morgan fingerprint density at radius 1 is 1.25 bits per heavy atom. The molecule has 2 amide bonds. The van der Waals surface area contributed by atoms with Crippen LogP contribution in [0.3, 0.4) is 0 Å². The van der Waals surface area contributed by atoms with Crippen LogP contribution in [0.2, 0.25) is 0 Å². The number of carbonyl (C=O) groups is 2. The van der Waals surface area contributed by atoms with Gasteiger partial charge in [0.25, 0.3) is 0 Å². The van der Waals surface area contributed by atoms with Gasteiger partial charge in [0, 0.05) is 6.54 Å². The zero-order valence-corrected chi connectivity index (χ0v) is 12.4. The van der Waals surface area contributed by atoms with E-state index in [-0.39, 0.29) is 24.6 Å². The standard InChI is InChI=1S/C15H22N2O3/c1-11(12-8-6-5-7-9-12)17-14(19)16-10-15(2,3)13(18)20-4/h5-9,11H,10H2,1-4H3,(H2,16,17,19). The molecule has 0 aromatic heterocycles. The number of hydrogen-bond donors (Lipinski definition) is 2. The van der Waals surface area contributed by atoms with Crippen molar-refractivity contribution in [2.45, 2.75) is 26.8 Å². The normalized spacial score (nSPS) is 12.4. The van der Waals surface area contributed by atoms with Gasteiger partial charge in [-0.1, -0.05) is 30.3 Å². The van der Waals surface area contributed by atoms with E-state index in [2.05, 4.69) is 15.4 Å². The molecule has 20 heavy (non-hydrogen) atoms. The van der Waals surface area contributed by atoms with Crippen molar-refractivity contribution in [1.82, 2.24) is 10.6 Å². The molecule has 0 spiro atoms. The largest absolute Gasteiger partial charge is 0.469 e. The van der Waals surface area contributed by atoms with Gasteiger partial charge in [0.1, 0.15) is 0 Å². The Morgan fingerprint density at radius 2 is 1.85 bits per heavy atom. The van der Waals surface area contributed by atoms with E-state index in [0.717, 1.165) is 5.56 Å². The van der Waals surface area contributed by atoms with Gasteiger partial charge in [-0.15, -0.1) is 0 Å². The monoisotopic (exact) mass is 278 g/mol. The maximum atomic E-state index is 11.8. The highest BCUT2D eigenvalue weighted by Crippen LogP contribution is 2.15. The third-order valence-corrected chi connectivity index (χ3v) is 3.08. The average Bonchev–Trinajstić information content (AvgIpc) is 2.45. The Kier molecular flexibility index (Phi) is 5.55. The number of amides is 2. The Morgan fingerprint density at radius 3 is 2.40 bits per heavy atom. The smallest absolute Gasteiger partial charge is 0.315 e. The maximum Gasteiger partial charge on any atom is 0.315 e. The summed E-state index contributed by atoms with van der Waals surface area (Å²) in [6, 6.07) is 9.26. The first-order chi connectivity index (χ1) is 9.36. The van der Waals surface area contributed by atoms with Crippen LogP contribution in [0.5, 0.6) is 0 Å². The summed E-state index contributed by atoms with van der Waals surface area (Å²) in [6.45, 7) is 5.56. The van der Waals surface area contributed by atoms with Gasteiger partial charge in [-0.2, -0.15) is 0 Å². The van der Waals surface area contributed by atoms with Crippen LogP contribution in [0, 0.1) is 5.41 Å². The summed E-state index contributed by atoms with van der Waals surface area (Å²) in [4.78, 5) is 23.3. The summed E-state index contributed by atoms with van der Waals surface area (Å²) in [6.07, 6.45) is 0. The van der Waals surface area contributed by atoms with E-state index in [1.165, 1.54) is 7.11 Å². The van der Waals surface area contributed by atoms with E-state index in [1.54, 1.807) is 13.8 Å². The summed E-state index contributed by atoms with van der Waals surface area (Å²) in [7, 11) is 1.33. The molecule has 0 aliphatic rings. The van der Waals surface area contributed by atoms with Gasteiger partial charge in [0.15, 0.2) is 0 Å². The molecule has 0 heterocycles. The maximum absolute atomic E-state index is 11.8. The van der Waals surface area contributed by atoms with Crippen LogP contribution in [0.15, 0.2) is 30.3 Å². The van der Waals surface area contributed by atoms with Crippen molar-refractivity contribution in [2.24, 2.45) is 5.41 Å². The SMILES string of the molecule is COC(=O)C(C)(C)CNC(=O)NC(C)c1ccccc1. The van der Waals surface area contributed by atoms with Crippen molar-refractivity contribution in [3.63, 3.8) is 0 Å².